The van der Waals surface area contributed by atoms with Gasteiger partial charge >= 0.3 is 0 Å². The molecular weight excluding hydrogens is 271 g/mol. The van der Waals surface area contributed by atoms with Crippen LogP contribution in [0.15, 0.2) is 24.3 Å². The summed E-state index contributed by atoms with van der Waals surface area (Å²) in [5.74, 6) is -0.626. The molecule has 5 heteroatoms. The average Bonchev–Trinajstić information content (AvgIpc) is 3.13. The Morgan fingerprint density at radius 2 is 1.90 bits per heavy atom. The van der Waals surface area contributed by atoms with Gasteiger partial charge in [0.1, 0.15) is 5.82 Å². The molecule has 0 N–H and O–H groups in total. The van der Waals surface area contributed by atoms with Crippen molar-refractivity contribution in [2.24, 2.45) is 0 Å². The SMILES string of the molecule is O=C(c1ccccc1F)N1CC[C@H]2[C@@H]1CC(=O)N2C1CC1. The maximum atomic E-state index is 13.8. The second kappa shape index (κ2) is 4.55. The molecule has 1 saturated carbocycles. The molecule has 0 aromatic heterocycles. The van der Waals surface area contributed by atoms with Gasteiger partial charge in [0.2, 0.25) is 5.91 Å². The number of benzene rings is 1. The number of carbonyl (C=O) groups is 2. The summed E-state index contributed by atoms with van der Waals surface area (Å²) in [6, 6.07) is 6.51. The van der Waals surface area contributed by atoms with Gasteiger partial charge in [-0.15, -0.1) is 0 Å². The van der Waals surface area contributed by atoms with Gasteiger partial charge in [-0.1, -0.05) is 12.1 Å². The molecule has 0 unspecified atom stereocenters. The van der Waals surface area contributed by atoms with Crippen molar-refractivity contribution in [3.63, 3.8) is 0 Å². The first-order valence-electron chi connectivity index (χ1n) is 7.53. The molecule has 0 bridgehead atoms. The first-order chi connectivity index (χ1) is 10.2. The summed E-state index contributed by atoms with van der Waals surface area (Å²) in [5, 5.41) is 0. The molecular formula is C16H17FN2O2. The minimum Gasteiger partial charge on any atom is -0.335 e. The summed E-state index contributed by atoms with van der Waals surface area (Å²) in [5.41, 5.74) is 0.107. The van der Waals surface area contributed by atoms with E-state index in [0.717, 1.165) is 19.3 Å². The van der Waals surface area contributed by atoms with Gasteiger partial charge in [0.05, 0.1) is 17.6 Å². The van der Waals surface area contributed by atoms with Gasteiger partial charge in [0, 0.05) is 19.0 Å². The van der Waals surface area contributed by atoms with Crippen LogP contribution in [0.3, 0.4) is 0 Å². The van der Waals surface area contributed by atoms with Crippen molar-refractivity contribution in [2.45, 2.75) is 43.8 Å². The number of amides is 2. The lowest BCUT2D eigenvalue weighted by Gasteiger charge is -2.25. The monoisotopic (exact) mass is 288 g/mol. The summed E-state index contributed by atoms with van der Waals surface area (Å²) < 4.78 is 13.8. The van der Waals surface area contributed by atoms with Gasteiger partial charge in [-0.2, -0.15) is 0 Å². The van der Waals surface area contributed by atoms with Gasteiger partial charge in [-0.3, -0.25) is 9.59 Å². The average molecular weight is 288 g/mol. The van der Waals surface area contributed by atoms with Crippen molar-refractivity contribution in [1.29, 1.82) is 0 Å². The molecule has 3 fully saturated rings. The van der Waals surface area contributed by atoms with Crippen LogP contribution >= 0.6 is 0 Å². The lowest BCUT2D eigenvalue weighted by atomic mass is 10.1. The molecule has 2 atom stereocenters. The van der Waals surface area contributed by atoms with Crippen LogP contribution < -0.4 is 0 Å². The van der Waals surface area contributed by atoms with Crippen LogP contribution in [0.5, 0.6) is 0 Å². The van der Waals surface area contributed by atoms with E-state index >= 15 is 0 Å². The third kappa shape index (κ3) is 1.94. The minimum absolute atomic E-state index is 0.0785. The first kappa shape index (κ1) is 12.8. The zero-order chi connectivity index (χ0) is 14.6. The molecule has 1 aromatic rings. The van der Waals surface area contributed by atoms with E-state index in [1.807, 2.05) is 4.90 Å². The number of fused-ring (bicyclic) bond motifs is 1. The Bertz CT molecular complexity index is 614. The summed E-state index contributed by atoms with van der Waals surface area (Å²) in [4.78, 5) is 28.4. The predicted octanol–water partition coefficient (Wildman–Crippen LogP) is 1.80. The van der Waals surface area contributed by atoms with E-state index in [4.69, 9.17) is 0 Å². The van der Waals surface area contributed by atoms with Gasteiger partial charge in [0.25, 0.3) is 5.91 Å². The maximum absolute atomic E-state index is 13.8. The topological polar surface area (TPSA) is 40.6 Å². The second-order valence-corrected chi connectivity index (χ2v) is 6.14. The Morgan fingerprint density at radius 3 is 2.62 bits per heavy atom. The Hall–Kier alpha value is -1.91. The minimum atomic E-state index is -0.491. The van der Waals surface area contributed by atoms with E-state index in [1.54, 1.807) is 17.0 Å². The van der Waals surface area contributed by atoms with Gasteiger partial charge in [0.15, 0.2) is 0 Å². The van der Waals surface area contributed by atoms with Crippen LogP contribution in [0.25, 0.3) is 0 Å². The smallest absolute Gasteiger partial charge is 0.257 e. The zero-order valence-electron chi connectivity index (χ0n) is 11.7. The van der Waals surface area contributed by atoms with Gasteiger partial charge < -0.3 is 9.80 Å². The van der Waals surface area contributed by atoms with Crippen molar-refractivity contribution >= 4 is 11.8 Å². The second-order valence-electron chi connectivity index (χ2n) is 6.14. The summed E-state index contributed by atoms with van der Waals surface area (Å²) in [6.45, 7) is 0.610. The third-order valence-corrected chi connectivity index (χ3v) is 4.84. The molecule has 1 aromatic carbocycles. The van der Waals surface area contributed by atoms with Crippen molar-refractivity contribution in [3.05, 3.63) is 35.6 Å². The molecule has 2 aliphatic heterocycles. The number of rotatable bonds is 2. The van der Waals surface area contributed by atoms with Crippen LogP contribution in [0.1, 0.15) is 36.0 Å². The van der Waals surface area contributed by atoms with E-state index in [0.29, 0.717) is 19.0 Å². The van der Waals surface area contributed by atoms with Crippen molar-refractivity contribution < 1.29 is 14.0 Å². The van der Waals surface area contributed by atoms with Gasteiger partial charge in [-0.25, -0.2) is 4.39 Å². The lowest BCUT2D eigenvalue weighted by molar-refractivity contribution is -0.129. The third-order valence-electron chi connectivity index (χ3n) is 4.84. The fraction of sp³-hybridized carbons (Fsp3) is 0.500. The number of likely N-dealkylation sites (tertiary alicyclic amines) is 2. The molecule has 1 aliphatic carbocycles. The predicted molar refractivity (Wildman–Crippen MR) is 74.1 cm³/mol. The highest BCUT2D eigenvalue weighted by atomic mass is 19.1. The van der Waals surface area contributed by atoms with E-state index in [-0.39, 0.29) is 29.5 Å². The Balaban J connectivity index is 1.59. The molecule has 3 aliphatic rings. The molecule has 2 saturated heterocycles. The fourth-order valence-electron chi connectivity index (χ4n) is 3.75. The van der Waals surface area contributed by atoms with Crippen molar-refractivity contribution in [3.8, 4) is 0 Å². The molecule has 0 radical (unpaired) electrons. The highest BCUT2D eigenvalue weighted by Crippen LogP contribution is 2.40. The number of nitrogens with zero attached hydrogens (tertiary/aromatic N) is 2. The Labute approximate surface area is 122 Å². The summed E-state index contributed by atoms with van der Waals surface area (Å²) in [7, 11) is 0. The molecule has 110 valence electrons. The number of hydrogen-bond acceptors (Lipinski definition) is 2. The molecule has 2 amide bonds. The normalized spacial score (nSPS) is 28.1. The van der Waals surface area contributed by atoms with Crippen LogP contribution in [-0.2, 0) is 4.79 Å². The maximum Gasteiger partial charge on any atom is 0.257 e. The number of halogens is 1. The van der Waals surface area contributed by atoms with E-state index in [2.05, 4.69) is 0 Å². The van der Waals surface area contributed by atoms with E-state index in [9.17, 15) is 14.0 Å². The molecule has 4 nitrogen and oxygen atoms in total. The van der Waals surface area contributed by atoms with Crippen LogP contribution in [-0.4, -0.2) is 46.3 Å². The standard InChI is InChI=1S/C16H17FN2O2/c17-12-4-2-1-3-11(12)16(21)18-8-7-13-14(18)9-15(20)19(13)10-5-6-10/h1-4,10,13-14H,5-9H2/t13-,14-/m0/s1. The Morgan fingerprint density at radius 1 is 1.14 bits per heavy atom. The molecule has 0 spiro atoms. The van der Waals surface area contributed by atoms with Crippen LogP contribution in [0, 0.1) is 5.82 Å². The molecule has 2 heterocycles. The molecule has 4 rings (SSSR count). The number of hydrogen-bond donors (Lipinski definition) is 0. The van der Waals surface area contributed by atoms with Crippen LogP contribution in [0.4, 0.5) is 4.39 Å². The quantitative estimate of drug-likeness (QED) is 0.832. The largest absolute Gasteiger partial charge is 0.335 e. The highest BCUT2D eigenvalue weighted by molar-refractivity contribution is 5.96. The summed E-state index contributed by atoms with van der Waals surface area (Å²) in [6.07, 6.45) is 3.36. The van der Waals surface area contributed by atoms with Crippen LogP contribution in [0.2, 0.25) is 0 Å². The summed E-state index contributed by atoms with van der Waals surface area (Å²) >= 11 is 0. The fourth-order valence-corrected chi connectivity index (χ4v) is 3.75. The van der Waals surface area contributed by atoms with Crippen molar-refractivity contribution in [2.75, 3.05) is 6.54 Å². The Kier molecular flexibility index (Phi) is 2.77. The zero-order valence-corrected chi connectivity index (χ0v) is 11.7. The number of carbonyl (C=O) groups excluding carboxylic acids is 2. The lowest BCUT2D eigenvalue weighted by Crippen LogP contribution is -2.40. The first-order valence-corrected chi connectivity index (χ1v) is 7.53. The molecule has 21 heavy (non-hydrogen) atoms. The highest BCUT2D eigenvalue weighted by Gasteiger charge is 2.52. The van der Waals surface area contributed by atoms with E-state index < -0.39 is 5.82 Å². The van der Waals surface area contributed by atoms with E-state index in [1.165, 1.54) is 12.1 Å². The van der Waals surface area contributed by atoms with Gasteiger partial charge in [-0.05, 0) is 31.4 Å². The van der Waals surface area contributed by atoms with Crippen molar-refractivity contribution in [1.82, 2.24) is 9.80 Å².